The SMILES string of the molecule is CC/C=C\CCOC(=O)c1ccccc1N=C1O/C(=C/CN(c2ccccc2)c2ccccc2)C(=O)N1CC. The maximum absolute atomic E-state index is 13.2. The molecule has 0 unspecified atom stereocenters. The van der Waals surface area contributed by atoms with E-state index >= 15 is 0 Å². The summed E-state index contributed by atoms with van der Waals surface area (Å²) in [6.07, 6.45) is 7.37. The Morgan fingerprint density at radius 1 is 0.923 bits per heavy atom. The Balaban J connectivity index is 1.56. The molecule has 0 aliphatic carbocycles. The molecular weight excluding hydrogens is 490 g/mol. The molecule has 0 radical (unpaired) electrons. The molecule has 0 atom stereocenters. The number of rotatable bonds is 11. The highest BCUT2D eigenvalue weighted by molar-refractivity contribution is 6.10. The number of carbonyl (C=O) groups is 2. The predicted octanol–water partition coefficient (Wildman–Crippen LogP) is 6.79. The van der Waals surface area contributed by atoms with Gasteiger partial charge >= 0.3 is 12.0 Å². The summed E-state index contributed by atoms with van der Waals surface area (Å²) >= 11 is 0. The predicted molar refractivity (Wildman–Crippen MR) is 154 cm³/mol. The summed E-state index contributed by atoms with van der Waals surface area (Å²) in [5.41, 5.74) is 2.67. The molecule has 1 amide bonds. The van der Waals surface area contributed by atoms with Gasteiger partial charge in [0, 0.05) is 24.5 Å². The third kappa shape index (κ3) is 7.02. The van der Waals surface area contributed by atoms with Crippen LogP contribution in [0.2, 0.25) is 0 Å². The Hall–Kier alpha value is -4.65. The number of aliphatic imine (C=N–C) groups is 1. The summed E-state index contributed by atoms with van der Waals surface area (Å²) in [5, 5.41) is 0. The second-order valence-corrected chi connectivity index (χ2v) is 8.72. The van der Waals surface area contributed by atoms with Crippen molar-refractivity contribution in [2.75, 3.05) is 24.6 Å². The summed E-state index contributed by atoms with van der Waals surface area (Å²) in [7, 11) is 0. The van der Waals surface area contributed by atoms with E-state index in [1.165, 1.54) is 4.90 Å². The van der Waals surface area contributed by atoms with Gasteiger partial charge in [0.1, 0.15) is 0 Å². The van der Waals surface area contributed by atoms with Crippen molar-refractivity contribution in [3.05, 3.63) is 114 Å². The van der Waals surface area contributed by atoms with Crippen LogP contribution in [0.5, 0.6) is 0 Å². The fourth-order valence-corrected chi connectivity index (χ4v) is 4.09. The molecule has 4 rings (SSSR count). The third-order valence-corrected chi connectivity index (χ3v) is 6.06. The smallest absolute Gasteiger partial charge is 0.340 e. The first kappa shape index (κ1) is 27.4. The van der Waals surface area contributed by atoms with Crippen molar-refractivity contribution in [1.82, 2.24) is 4.90 Å². The Bertz CT molecular complexity index is 1310. The van der Waals surface area contributed by atoms with Crippen molar-refractivity contribution in [3.63, 3.8) is 0 Å². The number of amidine groups is 1. The van der Waals surface area contributed by atoms with Gasteiger partial charge in [-0.25, -0.2) is 4.79 Å². The Kier molecular flexibility index (Phi) is 9.67. The minimum atomic E-state index is -0.468. The zero-order valence-corrected chi connectivity index (χ0v) is 22.3. The number of ether oxygens (including phenoxy) is 2. The van der Waals surface area contributed by atoms with Crippen LogP contribution in [0, 0.1) is 0 Å². The molecule has 1 heterocycles. The summed E-state index contributed by atoms with van der Waals surface area (Å²) in [5.74, 6) is -0.556. The molecule has 1 fully saturated rings. The molecule has 1 saturated heterocycles. The second-order valence-electron chi connectivity index (χ2n) is 8.72. The zero-order chi connectivity index (χ0) is 27.5. The number of anilines is 2. The minimum Gasteiger partial charge on any atom is -0.462 e. The number of hydrogen-bond donors (Lipinski definition) is 0. The molecule has 0 saturated carbocycles. The molecule has 200 valence electrons. The van der Waals surface area contributed by atoms with Crippen LogP contribution in [0.3, 0.4) is 0 Å². The molecule has 0 aromatic heterocycles. The van der Waals surface area contributed by atoms with Gasteiger partial charge in [0.05, 0.1) is 17.9 Å². The number of benzene rings is 3. The lowest BCUT2D eigenvalue weighted by atomic mass is 10.2. The molecular formula is C32H33N3O4. The van der Waals surface area contributed by atoms with E-state index in [1.807, 2.05) is 79.7 Å². The molecule has 0 N–H and O–H groups in total. The van der Waals surface area contributed by atoms with Crippen LogP contribution in [-0.4, -0.2) is 42.5 Å². The molecule has 0 bridgehead atoms. The van der Waals surface area contributed by atoms with Crippen LogP contribution in [0.15, 0.2) is 114 Å². The van der Waals surface area contributed by atoms with Crippen LogP contribution >= 0.6 is 0 Å². The summed E-state index contributed by atoms with van der Waals surface area (Å²) < 4.78 is 11.4. The van der Waals surface area contributed by atoms with Gasteiger partial charge < -0.3 is 14.4 Å². The fraction of sp³-hybridized carbons (Fsp3) is 0.219. The fourth-order valence-electron chi connectivity index (χ4n) is 4.09. The van der Waals surface area contributed by atoms with Crippen molar-refractivity contribution < 1.29 is 19.1 Å². The van der Waals surface area contributed by atoms with E-state index in [0.717, 1.165) is 17.8 Å². The molecule has 3 aromatic rings. The minimum absolute atomic E-state index is 0.130. The van der Waals surface area contributed by atoms with E-state index in [0.29, 0.717) is 30.8 Å². The van der Waals surface area contributed by atoms with Crippen molar-refractivity contribution in [2.45, 2.75) is 26.7 Å². The number of para-hydroxylation sites is 3. The van der Waals surface area contributed by atoms with E-state index in [9.17, 15) is 9.59 Å². The average Bonchev–Trinajstić information content (AvgIpc) is 3.27. The highest BCUT2D eigenvalue weighted by Crippen LogP contribution is 2.27. The lowest BCUT2D eigenvalue weighted by Crippen LogP contribution is -2.29. The quantitative estimate of drug-likeness (QED) is 0.120. The van der Waals surface area contributed by atoms with Crippen LogP contribution in [0.1, 0.15) is 37.0 Å². The van der Waals surface area contributed by atoms with Gasteiger partial charge in [-0.05, 0) is 62.2 Å². The number of likely N-dealkylation sites (N-methyl/N-ethyl adjacent to an activating group) is 1. The van der Waals surface area contributed by atoms with Gasteiger partial charge in [0.2, 0.25) is 0 Å². The number of esters is 1. The van der Waals surface area contributed by atoms with Gasteiger partial charge in [0.25, 0.3) is 5.91 Å². The molecule has 7 heteroatoms. The zero-order valence-electron chi connectivity index (χ0n) is 22.3. The molecule has 3 aromatic carbocycles. The molecule has 1 aliphatic heterocycles. The Morgan fingerprint density at radius 2 is 1.56 bits per heavy atom. The number of carbonyl (C=O) groups excluding carboxylic acids is 2. The van der Waals surface area contributed by atoms with Crippen molar-refractivity contribution in [3.8, 4) is 0 Å². The maximum Gasteiger partial charge on any atom is 0.340 e. The number of hydrogen-bond acceptors (Lipinski definition) is 6. The monoisotopic (exact) mass is 523 g/mol. The van der Waals surface area contributed by atoms with Gasteiger partial charge in [0.15, 0.2) is 5.76 Å². The van der Waals surface area contributed by atoms with E-state index in [2.05, 4.69) is 16.8 Å². The number of allylic oxidation sites excluding steroid dienone is 1. The first-order chi connectivity index (χ1) is 19.1. The summed E-state index contributed by atoms with van der Waals surface area (Å²) in [6.45, 7) is 4.96. The average molecular weight is 524 g/mol. The Morgan fingerprint density at radius 3 is 2.21 bits per heavy atom. The summed E-state index contributed by atoms with van der Waals surface area (Å²) in [6, 6.07) is 26.9. The van der Waals surface area contributed by atoms with Crippen LogP contribution < -0.4 is 4.90 Å². The van der Waals surface area contributed by atoms with Crippen LogP contribution in [-0.2, 0) is 14.3 Å². The van der Waals surface area contributed by atoms with Crippen LogP contribution in [0.25, 0.3) is 0 Å². The molecule has 7 nitrogen and oxygen atoms in total. The van der Waals surface area contributed by atoms with Gasteiger partial charge in [-0.15, -0.1) is 0 Å². The normalized spacial score (nSPS) is 15.2. The Labute approximate surface area is 229 Å². The van der Waals surface area contributed by atoms with E-state index < -0.39 is 5.97 Å². The second kappa shape index (κ2) is 13.8. The van der Waals surface area contributed by atoms with E-state index in [1.54, 1.807) is 30.3 Å². The number of nitrogens with zero attached hydrogens (tertiary/aromatic N) is 3. The third-order valence-electron chi connectivity index (χ3n) is 6.06. The number of amides is 1. The largest absolute Gasteiger partial charge is 0.462 e. The summed E-state index contributed by atoms with van der Waals surface area (Å²) in [4.78, 5) is 34.1. The maximum atomic E-state index is 13.2. The lowest BCUT2D eigenvalue weighted by Gasteiger charge is -2.23. The topological polar surface area (TPSA) is 71.4 Å². The van der Waals surface area contributed by atoms with Gasteiger partial charge in [-0.3, -0.25) is 9.69 Å². The van der Waals surface area contributed by atoms with E-state index in [4.69, 9.17) is 9.47 Å². The molecule has 39 heavy (non-hydrogen) atoms. The first-order valence-electron chi connectivity index (χ1n) is 13.2. The van der Waals surface area contributed by atoms with E-state index in [-0.39, 0.29) is 24.3 Å². The molecule has 1 aliphatic rings. The van der Waals surface area contributed by atoms with Crippen molar-refractivity contribution >= 4 is 35.0 Å². The first-order valence-corrected chi connectivity index (χ1v) is 13.2. The van der Waals surface area contributed by atoms with Gasteiger partial charge in [-0.1, -0.05) is 67.6 Å². The van der Waals surface area contributed by atoms with Gasteiger partial charge in [-0.2, -0.15) is 4.99 Å². The van der Waals surface area contributed by atoms with Crippen molar-refractivity contribution in [1.29, 1.82) is 0 Å². The highest BCUT2D eigenvalue weighted by Gasteiger charge is 2.34. The van der Waals surface area contributed by atoms with Crippen LogP contribution in [0.4, 0.5) is 17.1 Å². The highest BCUT2D eigenvalue weighted by atomic mass is 16.5. The standard InChI is InChI=1S/C32H33N3O4/c1-3-5-6-15-24-38-31(37)27-20-13-14-21-28(27)33-32-34(4-2)30(36)29(39-32)22-23-35(25-16-9-7-10-17-25)26-18-11-8-12-19-26/h5-14,16-22H,3-4,15,23-24H2,1-2H3/b6-5-,29-22+,33-32?. The van der Waals surface area contributed by atoms with Crippen molar-refractivity contribution in [2.24, 2.45) is 4.99 Å². The lowest BCUT2D eigenvalue weighted by molar-refractivity contribution is -0.122. The molecule has 0 spiro atoms.